The molecule has 2 heterocycles. The fourth-order valence-electron chi connectivity index (χ4n) is 5.00. The molecule has 0 radical (unpaired) electrons. The van der Waals surface area contributed by atoms with Crippen LogP contribution in [0.15, 0.2) is 18.2 Å². The first-order valence-corrected chi connectivity index (χ1v) is 12.2. The van der Waals surface area contributed by atoms with Crippen LogP contribution in [0, 0.1) is 5.92 Å². The predicted octanol–water partition coefficient (Wildman–Crippen LogP) is 3.03. The highest BCUT2D eigenvalue weighted by Crippen LogP contribution is 2.33. The summed E-state index contributed by atoms with van der Waals surface area (Å²) in [7, 11) is 1.61. The Kier molecular flexibility index (Phi) is 7.23. The lowest BCUT2D eigenvalue weighted by molar-refractivity contribution is -0.134. The molecule has 0 spiro atoms. The second-order valence-electron chi connectivity index (χ2n) is 9.19. The number of ether oxygens (including phenoxy) is 2. The zero-order valence-corrected chi connectivity index (χ0v) is 19.7. The summed E-state index contributed by atoms with van der Waals surface area (Å²) in [5.41, 5.74) is 0.570. The van der Waals surface area contributed by atoms with Crippen molar-refractivity contribution in [1.82, 2.24) is 14.7 Å². The zero-order valence-electron chi connectivity index (χ0n) is 19.7. The molecule has 0 aromatic heterocycles. The molecule has 0 N–H and O–H groups in total. The minimum absolute atomic E-state index is 0.00917. The molecule has 2 amide bonds. The average molecular weight is 444 g/mol. The lowest BCUT2D eigenvalue weighted by Crippen LogP contribution is -2.42. The van der Waals surface area contributed by atoms with Crippen LogP contribution in [0.4, 0.5) is 0 Å². The number of methoxy groups -OCH3 is 1. The zero-order chi connectivity index (χ0) is 22.7. The van der Waals surface area contributed by atoms with Crippen molar-refractivity contribution in [3.05, 3.63) is 23.8 Å². The van der Waals surface area contributed by atoms with Gasteiger partial charge in [0, 0.05) is 51.0 Å². The topological polar surface area (TPSA) is 62.3 Å². The summed E-state index contributed by atoms with van der Waals surface area (Å²) in [6, 6.07) is 5.91. The molecular weight excluding hydrogens is 406 g/mol. The van der Waals surface area contributed by atoms with Crippen molar-refractivity contribution in [2.75, 3.05) is 46.4 Å². The van der Waals surface area contributed by atoms with E-state index in [9.17, 15) is 9.59 Å². The Hall–Kier alpha value is -2.28. The van der Waals surface area contributed by atoms with E-state index in [4.69, 9.17) is 9.47 Å². The molecule has 7 nitrogen and oxygen atoms in total. The van der Waals surface area contributed by atoms with Crippen molar-refractivity contribution in [3.63, 3.8) is 0 Å². The third-order valence-corrected chi connectivity index (χ3v) is 7.17. The van der Waals surface area contributed by atoms with E-state index >= 15 is 0 Å². The van der Waals surface area contributed by atoms with Crippen LogP contribution in [-0.4, -0.2) is 85.0 Å². The lowest BCUT2D eigenvalue weighted by Gasteiger charge is -2.33. The molecule has 32 heavy (non-hydrogen) atoms. The van der Waals surface area contributed by atoms with Crippen molar-refractivity contribution < 1.29 is 19.1 Å². The number of hydrogen-bond acceptors (Lipinski definition) is 5. The van der Waals surface area contributed by atoms with Crippen LogP contribution >= 0.6 is 0 Å². The summed E-state index contributed by atoms with van der Waals surface area (Å²) in [5, 5.41) is 0. The van der Waals surface area contributed by atoms with Crippen molar-refractivity contribution >= 4 is 11.8 Å². The maximum Gasteiger partial charge on any atom is 0.257 e. The maximum atomic E-state index is 13.5. The Labute approximate surface area is 191 Å². The molecular formula is C25H37N3O4. The molecule has 1 aliphatic carbocycles. The Balaban J connectivity index is 1.42. The highest BCUT2D eigenvalue weighted by atomic mass is 16.5. The van der Waals surface area contributed by atoms with Gasteiger partial charge in [-0.1, -0.05) is 13.8 Å². The van der Waals surface area contributed by atoms with E-state index < -0.39 is 0 Å². The molecule has 4 rings (SSSR count). The smallest absolute Gasteiger partial charge is 0.257 e. The van der Waals surface area contributed by atoms with Gasteiger partial charge in [-0.3, -0.25) is 14.5 Å². The lowest BCUT2D eigenvalue weighted by atomic mass is 10.1. The molecule has 3 aliphatic rings. The van der Waals surface area contributed by atoms with Gasteiger partial charge >= 0.3 is 0 Å². The summed E-state index contributed by atoms with van der Waals surface area (Å²) >= 11 is 0. The standard InChI is InChI=1S/C25H37N3O4/c1-4-26(5-2)19-10-13-28(17-19)25(30)22-16-21(31-3)8-9-23(22)32-20-11-14-27(15-12-20)24(29)18-6-7-18/h8-9,16,18-20H,4-7,10-15,17H2,1-3H3. The van der Waals surface area contributed by atoms with E-state index in [1.807, 2.05) is 21.9 Å². The summed E-state index contributed by atoms with van der Waals surface area (Å²) in [5.74, 6) is 1.86. The number of amides is 2. The molecule has 3 fully saturated rings. The molecule has 2 aliphatic heterocycles. The van der Waals surface area contributed by atoms with Crippen LogP contribution in [-0.2, 0) is 4.79 Å². The molecule has 1 aromatic rings. The van der Waals surface area contributed by atoms with Gasteiger partial charge in [0.05, 0.1) is 12.7 Å². The predicted molar refractivity (Wildman–Crippen MR) is 123 cm³/mol. The molecule has 176 valence electrons. The first-order valence-electron chi connectivity index (χ1n) is 12.2. The molecule has 1 saturated carbocycles. The van der Waals surface area contributed by atoms with Gasteiger partial charge in [-0.05, 0) is 50.6 Å². The number of rotatable bonds is 8. The fourth-order valence-corrected chi connectivity index (χ4v) is 5.00. The van der Waals surface area contributed by atoms with Crippen LogP contribution in [0.3, 0.4) is 0 Å². The molecule has 1 atom stereocenters. The molecule has 7 heteroatoms. The minimum Gasteiger partial charge on any atom is -0.497 e. The first-order chi connectivity index (χ1) is 15.5. The highest BCUT2D eigenvalue weighted by Gasteiger charge is 2.36. The number of nitrogens with zero attached hydrogens (tertiary/aromatic N) is 3. The monoisotopic (exact) mass is 443 g/mol. The van der Waals surface area contributed by atoms with Gasteiger partial charge in [0.25, 0.3) is 5.91 Å². The summed E-state index contributed by atoms with van der Waals surface area (Å²) in [6.07, 6.45) is 4.69. The van der Waals surface area contributed by atoms with E-state index in [1.165, 1.54) is 0 Å². The van der Waals surface area contributed by atoms with Crippen molar-refractivity contribution in [1.29, 1.82) is 0 Å². The van der Waals surface area contributed by atoms with E-state index in [-0.39, 0.29) is 17.9 Å². The van der Waals surface area contributed by atoms with Crippen molar-refractivity contribution in [2.24, 2.45) is 5.92 Å². The van der Waals surface area contributed by atoms with Gasteiger partial charge in [0.2, 0.25) is 5.91 Å². The quantitative estimate of drug-likeness (QED) is 0.618. The Morgan fingerprint density at radius 2 is 1.69 bits per heavy atom. The molecule has 0 bridgehead atoms. The number of carbonyl (C=O) groups is 2. The van der Waals surface area contributed by atoms with Crippen LogP contribution in [0.5, 0.6) is 11.5 Å². The largest absolute Gasteiger partial charge is 0.497 e. The van der Waals surface area contributed by atoms with E-state index in [1.54, 1.807) is 13.2 Å². The van der Waals surface area contributed by atoms with Crippen molar-refractivity contribution in [3.8, 4) is 11.5 Å². The summed E-state index contributed by atoms with van der Waals surface area (Å²) in [4.78, 5) is 32.1. The fraction of sp³-hybridized carbons (Fsp3) is 0.680. The van der Waals surface area contributed by atoms with Gasteiger partial charge in [-0.15, -0.1) is 0 Å². The number of likely N-dealkylation sites (N-methyl/N-ethyl adjacent to an activating group) is 1. The number of likely N-dealkylation sites (tertiary alicyclic amines) is 2. The minimum atomic E-state index is 0.00917. The van der Waals surface area contributed by atoms with Crippen LogP contribution in [0.25, 0.3) is 0 Å². The Morgan fingerprint density at radius 1 is 1.00 bits per heavy atom. The third-order valence-electron chi connectivity index (χ3n) is 7.17. The van der Waals surface area contributed by atoms with Crippen LogP contribution in [0.2, 0.25) is 0 Å². The van der Waals surface area contributed by atoms with Crippen LogP contribution < -0.4 is 9.47 Å². The first kappa shape index (κ1) is 22.9. The SMILES string of the molecule is CCN(CC)C1CCN(C(=O)c2cc(OC)ccc2OC2CCN(C(=O)C3CC3)CC2)C1. The number of benzene rings is 1. The van der Waals surface area contributed by atoms with Gasteiger partial charge in [0.15, 0.2) is 0 Å². The average Bonchev–Trinajstić information content (AvgIpc) is 3.57. The van der Waals surface area contributed by atoms with E-state index in [2.05, 4.69) is 18.7 Å². The van der Waals surface area contributed by atoms with Gasteiger partial charge < -0.3 is 19.3 Å². The Morgan fingerprint density at radius 3 is 2.31 bits per heavy atom. The van der Waals surface area contributed by atoms with Gasteiger partial charge in [-0.2, -0.15) is 0 Å². The molecule has 1 aromatic carbocycles. The molecule has 1 unspecified atom stereocenters. The van der Waals surface area contributed by atoms with E-state index in [0.29, 0.717) is 29.0 Å². The van der Waals surface area contributed by atoms with Crippen molar-refractivity contribution in [2.45, 2.75) is 58.1 Å². The third kappa shape index (κ3) is 5.03. The summed E-state index contributed by atoms with van der Waals surface area (Å²) in [6.45, 7) is 9.32. The number of carbonyl (C=O) groups excluding carboxylic acids is 2. The highest BCUT2D eigenvalue weighted by molar-refractivity contribution is 5.97. The second-order valence-corrected chi connectivity index (χ2v) is 9.19. The summed E-state index contributed by atoms with van der Waals surface area (Å²) < 4.78 is 11.7. The van der Waals surface area contributed by atoms with E-state index in [0.717, 1.165) is 71.4 Å². The maximum absolute atomic E-state index is 13.5. The van der Waals surface area contributed by atoms with Gasteiger partial charge in [-0.25, -0.2) is 0 Å². The molecule has 2 saturated heterocycles. The number of hydrogen-bond donors (Lipinski definition) is 0. The normalized spacial score (nSPS) is 21.8. The Bertz CT molecular complexity index is 813. The second kappa shape index (κ2) is 10.1. The van der Waals surface area contributed by atoms with Crippen LogP contribution in [0.1, 0.15) is 56.3 Å². The van der Waals surface area contributed by atoms with Gasteiger partial charge in [0.1, 0.15) is 17.6 Å². The number of piperidine rings is 1.